The highest BCUT2D eigenvalue weighted by Gasteiger charge is 2.22. The van der Waals surface area contributed by atoms with Crippen molar-refractivity contribution in [3.8, 4) is 0 Å². The molecule has 1 amide bonds. The minimum Gasteiger partial charge on any atom is -0.383 e. The zero-order valence-corrected chi connectivity index (χ0v) is 15.0. The summed E-state index contributed by atoms with van der Waals surface area (Å²) in [4.78, 5) is 16.8. The van der Waals surface area contributed by atoms with Crippen LogP contribution < -0.4 is 4.72 Å². The van der Waals surface area contributed by atoms with Gasteiger partial charge < -0.3 is 14.5 Å². The first-order valence-corrected chi connectivity index (χ1v) is 9.56. The van der Waals surface area contributed by atoms with Crippen LogP contribution in [-0.4, -0.2) is 77.1 Å². The summed E-state index contributed by atoms with van der Waals surface area (Å²) >= 11 is 0. The number of ether oxygens (including phenoxy) is 1. The van der Waals surface area contributed by atoms with Crippen molar-refractivity contribution in [3.05, 3.63) is 29.8 Å². The average molecular weight is 355 g/mol. The van der Waals surface area contributed by atoms with Crippen molar-refractivity contribution in [2.45, 2.75) is 11.8 Å². The lowest BCUT2D eigenvalue weighted by atomic mass is 10.2. The van der Waals surface area contributed by atoms with Gasteiger partial charge in [0.25, 0.3) is 5.91 Å². The molecule has 7 nitrogen and oxygen atoms in total. The molecule has 0 bridgehead atoms. The van der Waals surface area contributed by atoms with Gasteiger partial charge >= 0.3 is 0 Å². The lowest BCUT2D eigenvalue weighted by molar-refractivity contribution is 0.0643. The minimum absolute atomic E-state index is 0.0941. The SMILES string of the molecule is CCN1CCN(C(=O)c2cccc(S(=O)(=O)NCCOC)c2)CC1. The van der Waals surface area contributed by atoms with E-state index < -0.39 is 10.0 Å². The summed E-state index contributed by atoms with van der Waals surface area (Å²) in [5.74, 6) is -0.125. The van der Waals surface area contributed by atoms with Crippen LogP contribution in [0, 0.1) is 0 Å². The molecule has 0 aliphatic carbocycles. The number of piperazine rings is 1. The number of carbonyl (C=O) groups excluding carboxylic acids is 1. The summed E-state index contributed by atoms with van der Waals surface area (Å²) in [6, 6.07) is 6.17. The Morgan fingerprint density at radius 2 is 1.96 bits per heavy atom. The molecule has 2 rings (SSSR count). The summed E-state index contributed by atoms with van der Waals surface area (Å²) < 4.78 is 31.8. The Morgan fingerprint density at radius 1 is 1.25 bits per heavy atom. The van der Waals surface area contributed by atoms with Crippen LogP contribution in [0.3, 0.4) is 0 Å². The summed E-state index contributed by atoms with van der Waals surface area (Å²) in [6.45, 7) is 6.57. The van der Waals surface area contributed by atoms with E-state index in [9.17, 15) is 13.2 Å². The van der Waals surface area contributed by atoms with E-state index >= 15 is 0 Å². The first kappa shape index (κ1) is 18.9. The van der Waals surface area contributed by atoms with Gasteiger partial charge in [-0.2, -0.15) is 0 Å². The molecule has 1 fully saturated rings. The first-order chi connectivity index (χ1) is 11.5. The predicted molar refractivity (Wildman–Crippen MR) is 91.5 cm³/mol. The van der Waals surface area contributed by atoms with E-state index in [0.29, 0.717) is 25.3 Å². The van der Waals surface area contributed by atoms with Gasteiger partial charge in [-0.15, -0.1) is 0 Å². The molecule has 0 radical (unpaired) electrons. The van der Waals surface area contributed by atoms with Gasteiger partial charge in [-0.1, -0.05) is 13.0 Å². The highest BCUT2D eigenvalue weighted by molar-refractivity contribution is 7.89. The van der Waals surface area contributed by atoms with Crippen LogP contribution in [0.4, 0.5) is 0 Å². The largest absolute Gasteiger partial charge is 0.383 e. The van der Waals surface area contributed by atoms with Crippen molar-refractivity contribution in [2.75, 3.05) is 53.0 Å². The molecule has 0 spiro atoms. The Bertz CT molecular complexity index is 655. The normalized spacial score (nSPS) is 16.3. The number of benzene rings is 1. The van der Waals surface area contributed by atoms with E-state index in [4.69, 9.17) is 4.74 Å². The zero-order valence-electron chi connectivity index (χ0n) is 14.2. The maximum atomic E-state index is 12.6. The monoisotopic (exact) mass is 355 g/mol. The highest BCUT2D eigenvalue weighted by Crippen LogP contribution is 2.14. The number of nitrogens with zero attached hydrogens (tertiary/aromatic N) is 2. The van der Waals surface area contributed by atoms with Gasteiger partial charge in [0, 0.05) is 45.4 Å². The number of sulfonamides is 1. The summed E-state index contributed by atoms with van der Waals surface area (Å²) in [5.41, 5.74) is 0.398. The van der Waals surface area contributed by atoms with Gasteiger partial charge in [-0.3, -0.25) is 4.79 Å². The summed E-state index contributed by atoms with van der Waals surface area (Å²) in [7, 11) is -2.14. The molecule has 1 saturated heterocycles. The van der Waals surface area contributed by atoms with E-state index in [1.807, 2.05) is 0 Å². The van der Waals surface area contributed by atoms with Crippen LogP contribution in [0.25, 0.3) is 0 Å². The van der Waals surface area contributed by atoms with Gasteiger partial charge in [-0.25, -0.2) is 13.1 Å². The Morgan fingerprint density at radius 3 is 2.58 bits per heavy atom. The zero-order chi connectivity index (χ0) is 17.6. The molecule has 24 heavy (non-hydrogen) atoms. The molecule has 134 valence electrons. The summed E-state index contributed by atoms with van der Waals surface area (Å²) in [6.07, 6.45) is 0. The number of methoxy groups -OCH3 is 1. The maximum Gasteiger partial charge on any atom is 0.253 e. The lowest BCUT2D eigenvalue weighted by Gasteiger charge is -2.34. The Kier molecular flexibility index (Phi) is 6.73. The second-order valence-electron chi connectivity index (χ2n) is 5.64. The van der Waals surface area contributed by atoms with E-state index in [1.54, 1.807) is 17.0 Å². The quantitative estimate of drug-likeness (QED) is 0.716. The number of carbonyl (C=O) groups is 1. The van der Waals surface area contributed by atoms with E-state index in [0.717, 1.165) is 19.6 Å². The molecular formula is C16H25N3O4S. The van der Waals surface area contributed by atoms with Crippen molar-refractivity contribution in [2.24, 2.45) is 0 Å². The maximum absolute atomic E-state index is 12.6. The van der Waals surface area contributed by atoms with Gasteiger partial charge in [-0.05, 0) is 24.7 Å². The van der Waals surface area contributed by atoms with E-state index in [-0.39, 0.29) is 17.3 Å². The molecule has 1 aliphatic rings. The predicted octanol–water partition coefficient (Wildman–Crippen LogP) is 0.389. The number of rotatable bonds is 7. The Balaban J connectivity index is 2.08. The van der Waals surface area contributed by atoms with Crippen molar-refractivity contribution in [3.63, 3.8) is 0 Å². The van der Waals surface area contributed by atoms with Crippen molar-refractivity contribution < 1.29 is 17.9 Å². The number of nitrogens with one attached hydrogen (secondary N) is 1. The van der Waals surface area contributed by atoms with Gasteiger partial charge in [0.1, 0.15) is 0 Å². The topological polar surface area (TPSA) is 79.0 Å². The van der Waals surface area contributed by atoms with Crippen molar-refractivity contribution in [1.82, 2.24) is 14.5 Å². The van der Waals surface area contributed by atoms with Gasteiger partial charge in [0.2, 0.25) is 10.0 Å². The van der Waals surface area contributed by atoms with Crippen LogP contribution >= 0.6 is 0 Å². The first-order valence-electron chi connectivity index (χ1n) is 8.08. The second-order valence-corrected chi connectivity index (χ2v) is 7.41. The number of likely N-dealkylation sites (N-methyl/N-ethyl adjacent to an activating group) is 1. The third-order valence-electron chi connectivity index (χ3n) is 4.10. The lowest BCUT2D eigenvalue weighted by Crippen LogP contribution is -2.48. The third kappa shape index (κ3) is 4.76. The molecule has 0 unspecified atom stereocenters. The van der Waals surface area contributed by atoms with Crippen LogP contribution in [0.5, 0.6) is 0 Å². The van der Waals surface area contributed by atoms with Gasteiger partial charge in [0.05, 0.1) is 11.5 Å². The fourth-order valence-corrected chi connectivity index (χ4v) is 3.67. The molecule has 1 aromatic carbocycles. The van der Waals surface area contributed by atoms with Crippen LogP contribution in [0.1, 0.15) is 17.3 Å². The van der Waals surface area contributed by atoms with Gasteiger partial charge in [0.15, 0.2) is 0 Å². The Labute approximate surface area is 143 Å². The molecular weight excluding hydrogens is 330 g/mol. The third-order valence-corrected chi connectivity index (χ3v) is 5.55. The standard InChI is InChI=1S/C16H25N3O4S/c1-3-18-8-10-19(11-9-18)16(20)14-5-4-6-15(13-14)24(21,22)17-7-12-23-2/h4-6,13,17H,3,7-12H2,1-2H3. The molecule has 0 atom stereocenters. The number of amides is 1. The molecule has 1 aliphatic heterocycles. The average Bonchev–Trinajstić information content (AvgIpc) is 2.61. The number of hydrogen-bond donors (Lipinski definition) is 1. The molecule has 1 heterocycles. The fraction of sp³-hybridized carbons (Fsp3) is 0.562. The smallest absolute Gasteiger partial charge is 0.253 e. The molecule has 8 heteroatoms. The fourth-order valence-electron chi connectivity index (χ4n) is 2.61. The van der Waals surface area contributed by atoms with E-state index in [2.05, 4.69) is 16.5 Å². The summed E-state index contributed by atoms with van der Waals surface area (Å²) in [5, 5.41) is 0. The Hall–Kier alpha value is -1.48. The highest BCUT2D eigenvalue weighted by atomic mass is 32.2. The molecule has 1 aromatic rings. The molecule has 0 aromatic heterocycles. The van der Waals surface area contributed by atoms with Crippen LogP contribution in [-0.2, 0) is 14.8 Å². The second kappa shape index (κ2) is 8.57. The minimum atomic E-state index is -3.64. The van der Waals surface area contributed by atoms with Crippen molar-refractivity contribution >= 4 is 15.9 Å². The molecule has 0 saturated carbocycles. The van der Waals surface area contributed by atoms with Crippen LogP contribution in [0.2, 0.25) is 0 Å². The van der Waals surface area contributed by atoms with E-state index in [1.165, 1.54) is 19.2 Å². The van der Waals surface area contributed by atoms with Crippen molar-refractivity contribution in [1.29, 1.82) is 0 Å². The molecule has 1 N–H and O–H groups in total. The van der Waals surface area contributed by atoms with Crippen LogP contribution in [0.15, 0.2) is 29.2 Å². The number of hydrogen-bond acceptors (Lipinski definition) is 5.